The van der Waals surface area contributed by atoms with Gasteiger partial charge >= 0.3 is 12.0 Å². The molecule has 0 unspecified atom stereocenters. The van der Waals surface area contributed by atoms with Crippen LogP contribution in [0.25, 0.3) is 6.08 Å². The second-order valence-electron chi connectivity index (χ2n) is 7.27. The lowest BCUT2D eigenvalue weighted by Gasteiger charge is -2.17. The average molecular weight is 386 g/mol. The summed E-state index contributed by atoms with van der Waals surface area (Å²) in [6.07, 6.45) is 0.308. The van der Waals surface area contributed by atoms with Crippen molar-refractivity contribution < 1.29 is 19.1 Å². The first-order valence-electron chi connectivity index (χ1n) is 9.24. The van der Waals surface area contributed by atoms with Crippen molar-refractivity contribution in [2.45, 2.75) is 47.3 Å². The van der Waals surface area contributed by atoms with Crippen LogP contribution in [0.1, 0.15) is 37.7 Å². The Balaban J connectivity index is 2.16. The topological polar surface area (TPSA) is 104 Å². The molecule has 28 heavy (non-hydrogen) atoms. The van der Waals surface area contributed by atoms with Gasteiger partial charge in [-0.25, -0.2) is 9.59 Å². The minimum absolute atomic E-state index is 0.199. The molecule has 0 bridgehead atoms. The van der Waals surface area contributed by atoms with E-state index < -0.39 is 24.0 Å². The molecule has 1 aliphatic rings. The van der Waals surface area contributed by atoms with E-state index >= 15 is 0 Å². The Hall–Kier alpha value is -3.08. The van der Waals surface area contributed by atoms with Crippen LogP contribution in [0.5, 0.6) is 0 Å². The Labute approximate surface area is 164 Å². The predicted molar refractivity (Wildman–Crippen MR) is 103 cm³/mol. The van der Waals surface area contributed by atoms with Crippen LogP contribution in [0.4, 0.5) is 4.79 Å². The normalized spacial score (nSPS) is 15.4. The molecule has 2 rings (SSSR count). The molecule has 2 heterocycles. The average Bonchev–Trinajstić information content (AvgIpc) is 3.16. The first kappa shape index (κ1) is 21.2. The number of ether oxygens (including phenoxy) is 1. The highest BCUT2D eigenvalue weighted by Crippen LogP contribution is 2.20. The molecule has 0 aliphatic carbocycles. The van der Waals surface area contributed by atoms with E-state index in [9.17, 15) is 19.6 Å². The van der Waals surface area contributed by atoms with Gasteiger partial charge in [-0.3, -0.25) is 9.69 Å². The minimum Gasteiger partial charge on any atom is -0.448 e. The van der Waals surface area contributed by atoms with E-state index in [0.29, 0.717) is 12.5 Å². The van der Waals surface area contributed by atoms with Crippen molar-refractivity contribution in [3.8, 4) is 6.07 Å². The maximum atomic E-state index is 12.4. The third kappa shape index (κ3) is 4.60. The zero-order chi connectivity index (χ0) is 21.0. The van der Waals surface area contributed by atoms with Gasteiger partial charge in [0.2, 0.25) is 0 Å². The molecule has 1 aliphatic heterocycles. The molecule has 1 saturated heterocycles. The summed E-state index contributed by atoms with van der Waals surface area (Å²) in [4.78, 5) is 37.2. The molecule has 0 saturated carbocycles. The summed E-state index contributed by atoms with van der Waals surface area (Å²) in [5, 5.41) is 11.9. The summed E-state index contributed by atoms with van der Waals surface area (Å²) < 4.78 is 7.27. The van der Waals surface area contributed by atoms with Gasteiger partial charge in [0.05, 0.1) is 0 Å². The number of esters is 1. The molecule has 1 aromatic rings. The van der Waals surface area contributed by atoms with Crippen molar-refractivity contribution in [1.82, 2.24) is 14.8 Å². The number of nitrogens with zero attached hydrogens (tertiary/aromatic N) is 3. The Bertz CT molecular complexity index is 860. The molecule has 0 spiro atoms. The van der Waals surface area contributed by atoms with E-state index in [0.717, 1.165) is 28.4 Å². The first-order chi connectivity index (χ1) is 13.1. The highest BCUT2D eigenvalue weighted by molar-refractivity contribution is 6.02. The SMILES string of the molecule is Cc1cc(/C=C(\C#N)C(=O)O[C@H](C)C(=O)N2CCNC2=O)c(C)n1CC(C)C. The van der Waals surface area contributed by atoms with Gasteiger partial charge in [0.25, 0.3) is 5.91 Å². The molecule has 0 aromatic carbocycles. The summed E-state index contributed by atoms with van der Waals surface area (Å²) >= 11 is 0. The van der Waals surface area contributed by atoms with Crippen molar-refractivity contribution in [3.05, 3.63) is 28.6 Å². The lowest BCUT2D eigenvalue weighted by atomic mass is 10.1. The first-order valence-corrected chi connectivity index (χ1v) is 9.24. The lowest BCUT2D eigenvalue weighted by molar-refractivity contribution is -0.153. The zero-order valence-electron chi connectivity index (χ0n) is 16.9. The van der Waals surface area contributed by atoms with E-state index in [2.05, 4.69) is 23.7 Å². The molecule has 150 valence electrons. The number of nitrogens with one attached hydrogen (secondary N) is 1. The number of aromatic nitrogens is 1. The van der Waals surface area contributed by atoms with Crippen LogP contribution in [0.3, 0.4) is 0 Å². The van der Waals surface area contributed by atoms with Gasteiger partial charge in [-0.05, 0) is 44.4 Å². The molecule has 8 nitrogen and oxygen atoms in total. The Kier molecular flexibility index (Phi) is 6.62. The fourth-order valence-corrected chi connectivity index (χ4v) is 3.09. The van der Waals surface area contributed by atoms with Crippen molar-refractivity contribution in [2.75, 3.05) is 13.1 Å². The van der Waals surface area contributed by atoms with E-state index in [4.69, 9.17) is 4.74 Å². The highest BCUT2D eigenvalue weighted by Gasteiger charge is 2.32. The molecule has 1 atom stereocenters. The largest absolute Gasteiger partial charge is 0.448 e. The van der Waals surface area contributed by atoms with Gasteiger partial charge in [0, 0.05) is 31.0 Å². The number of rotatable bonds is 6. The number of carbonyl (C=O) groups is 3. The number of nitriles is 1. The van der Waals surface area contributed by atoms with Gasteiger partial charge in [0.15, 0.2) is 6.10 Å². The fraction of sp³-hybridized carbons (Fsp3) is 0.500. The quantitative estimate of drug-likeness (QED) is 0.458. The van der Waals surface area contributed by atoms with Gasteiger partial charge < -0.3 is 14.6 Å². The summed E-state index contributed by atoms with van der Waals surface area (Å²) in [6.45, 7) is 10.9. The van der Waals surface area contributed by atoms with Gasteiger partial charge in [0.1, 0.15) is 11.6 Å². The third-order valence-corrected chi connectivity index (χ3v) is 4.56. The van der Waals surface area contributed by atoms with Gasteiger partial charge in [-0.2, -0.15) is 5.26 Å². The number of hydrogen-bond donors (Lipinski definition) is 1. The number of carbonyl (C=O) groups excluding carboxylic acids is 3. The molecule has 3 amide bonds. The monoisotopic (exact) mass is 386 g/mol. The predicted octanol–water partition coefficient (Wildman–Crippen LogP) is 2.15. The smallest absolute Gasteiger partial charge is 0.349 e. The van der Waals surface area contributed by atoms with Crippen molar-refractivity contribution in [1.29, 1.82) is 5.26 Å². The lowest BCUT2D eigenvalue weighted by Crippen LogP contribution is -2.41. The van der Waals surface area contributed by atoms with Crippen LogP contribution < -0.4 is 5.32 Å². The Morgan fingerprint density at radius 3 is 2.57 bits per heavy atom. The number of imide groups is 1. The Morgan fingerprint density at radius 1 is 1.36 bits per heavy atom. The van der Waals surface area contributed by atoms with Crippen molar-refractivity contribution >= 4 is 24.0 Å². The number of urea groups is 1. The molecule has 1 N–H and O–H groups in total. The summed E-state index contributed by atoms with van der Waals surface area (Å²) in [6, 6.07) is 3.24. The summed E-state index contributed by atoms with van der Waals surface area (Å²) in [5.74, 6) is -1.05. The standard InChI is InChI=1S/C20H26N4O4/c1-12(2)11-24-13(3)8-16(14(24)4)9-17(10-21)19(26)28-15(5)18(25)23-7-6-22-20(23)27/h8-9,12,15H,6-7,11H2,1-5H3,(H,22,27)/b17-9+/t15-/m1/s1. The second kappa shape index (κ2) is 8.74. The van der Waals surface area contributed by atoms with E-state index in [1.54, 1.807) is 0 Å². The van der Waals surface area contributed by atoms with Crippen molar-refractivity contribution in [2.24, 2.45) is 5.92 Å². The maximum Gasteiger partial charge on any atom is 0.349 e. The third-order valence-electron chi connectivity index (χ3n) is 4.56. The van der Waals surface area contributed by atoms with E-state index in [1.165, 1.54) is 13.0 Å². The molecular formula is C20H26N4O4. The van der Waals surface area contributed by atoms with Crippen LogP contribution in [0.15, 0.2) is 11.6 Å². The minimum atomic E-state index is -1.17. The fourth-order valence-electron chi connectivity index (χ4n) is 3.09. The molecular weight excluding hydrogens is 360 g/mol. The van der Waals surface area contributed by atoms with Gasteiger partial charge in [-0.15, -0.1) is 0 Å². The second-order valence-corrected chi connectivity index (χ2v) is 7.27. The number of amides is 3. The van der Waals surface area contributed by atoms with Gasteiger partial charge in [-0.1, -0.05) is 13.8 Å². The van der Waals surface area contributed by atoms with E-state index in [1.807, 2.05) is 26.0 Å². The molecule has 0 radical (unpaired) electrons. The Morgan fingerprint density at radius 2 is 2.04 bits per heavy atom. The van der Waals surface area contributed by atoms with Crippen LogP contribution in [-0.4, -0.2) is 46.6 Å². The van der Waals surface area contributed by atoms with Crippen LogP contribution in [0.2, 0.25) is 0 Å². The van der Waals surface area contributed by atoms with Crippen LogP contribution in [0, 0.1) is 31.1 Å². The van der Waals surface area contributed by atoms with Crippen LogP contribution in [-0.2, 0) is 20.9 Å². The summed E-state index contributed by atoms with van der Waals surface area (Å²) in [5.41, 5.74) is 2.54. The van der Waals surface area contributed by atoms with Crippen LogP contribution >= 0.6 is 0 Å². The highest BCUT2D eigenvalue weighted by atomic mass is 16.5. The zero-order valence-corrected chi connectivity index (χ0v) is 16.9. The number of hydrogen-bond acceptors (Lipinski definition) is 5. The molecule has 1 fully saturated rings. The summed E-state index contributed by atoms with van der Waals surface area (Å²) in [7, 11) is 0. The molecule has 1 aromatic heterocycles. The van der Waals surface area contributed by atoms with Crippen molar-refractivity contribution in [3.63, 3.8) is 0 Å². The van der Waals surface area contributed by atoms with E-state index in [-0.39, 0.29) is 12.1 Å². The maximum absolute atomic E-state index is 12.4. The number of aryl methyl sites for hydroxylation is 1. The molecule has 8 heteroatoms.